The molecule has 2 aliphatic rings. The normalized spacial score (nSPS) is 20.5. The molecule has 1 aliphatic heterocycles. The van der Waals surface area contributed by atoms with E-state index in [-0.39, 0.29) is 17.2 Å². The molecule has 8 nitrogen and oxygen atoms in total. The van der Waals surface area contributed by atoms with Gasteiger partial charge in [-0.25, -0.2) is 19.6 Å². The molecule has 3 aromatic heterocycles. The number of hydrogen-bond acceptors (Lipinski definition) is 6. The van der Waals surface area contributed by atoms with Gasteiger partial charge in [0.2, 0.25) is 0 Å². The molecule has 1 saturated heterocycles. The standard InChI is InChI=1S/C25H31N7O/c1-24(2)11-16(12-25(3,4)33-24)32-23-21(26-13-19(30-23)15-9-10-15)22(31-32)27-14-20-28-17-7-5-6-8-18(17)29-20/h5-8,13,15-16H,9-12,14H2,1-4H3,(H,27,31)(H,28,29). The van der Waals surface area contributed by atoms with Gasteiger partial charge in [0.25, 0.3) is 0 Å². The lowest BCUT2D eigenvalue weighted by atomic mass is 9.85. The molecule has 4 heterocycles. The molecule has 0 unspecified atom stereocenters. The van der Waals surface area contributed by atoms with Crippen molar-refractivity contribution in [3.63, 3.8) is 0 Å². The van der Waals surface area contributed by atoms with Crippen molar-refractivity contribution < 1.29 is 4.74 Å². The van der Waals surface area contributed by atoms with E-state index in [9.17, 15) is 0 Å². The molecule has 0 atom stereocenters. The number of fused-ring (bicyclic) bond motifs is 2. The molecular weight excluding hydrogens is 414 g/mol. The van der Waals surface area contributed by atoms with E-state index in [1.54, 1.807) is 0 Å². The Morgan fingerprint density at radius 1 is 1.09 bits per heavy atom. The molecule has 2 fully saturated rings. The van der Waals surface area contributed by atoms with Gasteiger partial charge in [0.15, 0.2) is 17.0 Å². The van der Waals surface area contributed by atoms with E-state index in [1.165, 1.54) is 12.8 Å². The van der Waals surface area contributed by atoms with Crippen molar-refractivity contribution in [2.75, 3.05) is 5.32 Å². The highest BCUT2D eigenvalue weighted by molar-refractivity contribution is 5.83. The first-order valence-corrected chi connectivity index (χ1v) is 11.9. The average Bonchev–Trinajstić information content (AvgIpc) is 3.41. The number of benzene rings is 1. The molecule has 0 radical (unpaired) electrons. The van der Waals surface area contributed by atoms with Gasteiger partial charge in [-0.2, -0.15) is 5.10 Å². The van der Waals surface area contributed by atoms with Crippen LogP contribution in [-0.4, -0.2) is 40.9 Å². The monoisotopic (exact) mass is 445 g/mol. The molecule has 0 bridgehead atoms. The summed E-state index contributed by atoms with van der Waals surface area (Å²) >= 11 is 0. The molecule has 0 amide bonds. The van der Waals surface area contributed by atoms with Gasteiger partial charge in [0, 0.05) is 12.1 Å². The van der Waals surface area contributed by atoms with Crippen molar-refractivity contribution in [3.05, 3.63) is 42.0 Å². The summed E-state index contributed by atoms with van der Waals surface area (Å²) in [4.78, 5) is 17.9. The van der Waals surface area contributed by atoms with Crippen molar-refractivity contribution >= 4 is 28.0 Å². The van der Waals surface area contributed by atoms with E-state index in [0.717, 1.165) is 52.4 Å². The lowest BCUT2D eigenvalue weighted by Crippen LogP contribution is -2.46. The molecule has 4 aromatic rings. The van der Waals surface area contributed by atoms with Gasteiger partial charge < -0.3 is 15.0 Å². The quantitative estimate of drug-likeness (QED) is 0.444. The highest BCUT2D eigenvalue weighted by atomic mass is 16.5. The van der Waals surface area contributed by atoms with Gasteiger partial charge in [0.1, 0.15) is 5.82 Å². The first-order chi connectivity index (χ1) is 15.8. The van der Waals surface area contributed by atoms with Gasteiger partial charge in [-0.05, 0) is 65.5 Å². The van der Waals surface area contributed by atoms with Crippen molar-refractivity contribution in [2.45, 2.75) is 83.1 Å². The van der Waals surface area contributed by atoms with Crippen LogP contribution in [0.15, 0.2) is 30.5 Å². The van der Waals surface area contributed by atoms with Crippen LogP contribution in [0.4, 0.5) is 5.82 Å². The van der Waals surface area contributed by atoms with Gasteiger partial charge >= 0.3 is 0 Å². The fourth-order valence-corrected chi connectivity index (χ4v) is 5.34. The summed E-state index contributed by atoms with van der Waals surface area (Å²) in [5.74, 6) is 2.16. The summed E-state index contributed by atoms with van der Waals surface area (Å²) in [6.07, 6.45) is 6.08. The van der Waals surface area contributed by atoms with Gasteiger partial charge in [0.05, 0.1) is 40.5 Å². The molecule has 1 saturated carbocycles. The van der Waals surface area contributed by atoms with Crippen LogP contribution in [0.5, 0.6) is 0 Å². The number of aromatic nitrogens is 6. The zero-order valence-corrected chi connectivity index (χ0v) is 19.7. The van der Waals surface area contributed by atoms with Crippen molar-refractivity contribution in [3.8, 4) is 0 Å². The topological polar surface area (TPSA) is 93.5 Å². The number of ether oxygens (including phenoxy) is 1. The first kappa shape index (κ1) is 20.6. The lowest BCUT2D eigenvalue weighted by molar-refractivity contribution is -0.170. The fraction of sp³-hybridized carbons (Fsp3) is 0.520. The van der Waals surface area contributed by atoms with E-state index >= 15 is 0 Å². The Morgan fingerprint density at radius 3 is 2.58 bits per heavy atom. The van der Waals surface area contributed by atoms with Gasteiger partial charge in [-0.3, -0.25) is 0 Å². The van der Waals surface area contributed by atoms with E-state index < -0.39 is 0 Å². The summed E-state index contributed by atoms with van der Waals surface area (Å²) in [5.41, 5.74) is 4.30. The Labute approximate surface area is 193 Å². The maximum atomic E-state index is 6.33. The van der Waals surface area contributed by atoms with Crippen LogP contribution in [0, 0.1) is 0 Å². The summed E-state index contributed by atoms with van der Waals surface area (Å²) in [6, 6.07) is 8.25. The Hall–Kier alpha value is -3.00. The number of anilines is 1. The average molecular weight is 446 g/mol. The van der Waals surface area contributed by atoms with Crippen LogP contribution in [0.1, 0.15) is 76.9 Å². The SMILES string of the molecule is CC1(C)CC(n2nc(NCc3nc4ccccc4[nH]3)c3ncc(C4CC4)nc32)CC(C)(C)O1. The molecule has 33 heavy (non-hydrogen) atoms. The predicted molar refractivity (Wildman–Crippen MR) is 128 cm³/mol. The highest BCUT2D eigenvalue weighted by Gasteiger charge is 2.41. The Morgan fingerprint density at radius 2 is 1.85 bits per heavy atom. The van der Waals surface area contributed by atoms with Crippen molar-refractivity contribution in [1.29, 1.82) is 0 Å². The number of nitrogens with zero attached hydrogens (tertiary/aromatic N) is 5. The predicted octanol–water partition coefficient (Wildman–Crippen LogP) is 5.10. The third kappa shape index (κ3) is 3.97. The summed E-state index contributed by atoms with van der Waals surface area (Å²) in [6.45, 7) is 9.18. The van der Waals surface area contributed by atoms with Crippen molar-refractivity contribution in [2.24, 2.45) is 0 Å². The number of nitrogens with one attached hydrogen (secondary N) is 2. The zero-order valence-electron chi connectivity index (χ0n) is 19.7. The largest absolute Gasteiger partial charge is 0.370 e. The maximum Gasteiger partial charge on any atom is 0.179 e. The van der Waals surface area contributed by atoms with Gasteiger partial charge in [-0.15, -0.1) is 0 Å². The lowest BCUT2D eigenvalue weighted by Gasteiger charge is -2.45. The van der Waals surface area contributed by atoms with Crippen LogP contribution < -0.4 is 5.32 Å². The number of imidazole rings is 1. The minimum atomic E-state index is -0.228. The fourth-order valence-electron chi connectivity index (χ4n) is 5.34. The smallest absolute Gasteiger partial charge is 0.179 e. The Bertz CT molecular complexity index is 1280. The number of rotatable bonds is 5. The molecule has 172 valence electrons. The Kier molecular flexibility index (Phi) is 4.52. The highest BCUT2D eigenvalue weighted by Crippen LogP contribution is 2.43. The van der Waals surface area contributed by atoms with E-state index in [1.807, 2.05) is 30.5 Å². The Balaban J connectivity index is 1.37. The van der Waals surface area contributed by atoms with Crippen LogP contribution >= 0.6 is 0 Å². The molecule has 1 aromatic carbocycles. The molecule has 6 rings (SSSR count). The number of aromatic amines is 1. The van der Waals surface area contributed by atoms with Gasteiger partial charge in [-0.1, -0.05) is 12.1 Å². The molecule has 1 aliphatic carbocycles. The third-order valence-electron chi connectivity index (χ3n) is 6.63. The number of hydrogen-bond donors (Lipinski definition) is 2. The second kappa shape index (κ2) is 7.25. The molecule has 2 N–H and O–H groups in total. The van der Waals surface area contributed by atoms with Crippen molar-refractivity contribution in [1.82, 2.24) is 29.7 Å². The van der Waals surface area contributed by atoms with E-state index in [2.05, 4.69) is 47.7 Å². The minimum absolute atomic E-state index is 0.191. The number of para-hydroxylation sites is 2. The molecular formula is C25H31N7O. The minimum Gasteiger partial charge on any atom is -0.370 e. The summed E-state index contributed by atoms with van der Waals surface area (Å²) in [5, 5.41) is 8.49. The second-order valence-electron chi connectivity index (χ2n) is 10.8. The summed E-state index contributed by atoms with van der Waals surface area (Å²) in [7, 11) is 0. The third-order valence-corrected chi connectivity index (χ3v) is 6.63. The summed E-state index contributed by atoms with van der Waals surface area (Å²) < 4.78 is 8.43. The second-order valence-corrected chi connectivity index (χ2v) is 10.8. The van der Waals surface area contributed by atoms with E-state index in [4.69, 9.17) is 19.8 Å². The zero-order chi connectivity index (χ0) is 22.8. The number of H-pyrrole nitrogens is 1. The van der Waals surface area contributed by atoms with Crippen LogP contribution in [0.3, 0.4) is 0 Å². The maximum absolute atomic E-state index is 6.33. The van der Waals surface area contributed by atoms with E-state index in [0.29, 0.717) is 12.5 Å². The molecule has 8 heteroatoms. The van der Waals surface area contributed by atoms with Crippen LogP contribution in [0.25, 0.3) is 22.2 Å². The van der Waals surface area contributed by atoms with Crippen LogP contribution in [0.2, 0.25) is 0 Å². The van der Waals surface area contributed by atoms with Crippen LogP contribution in [-0.2, 0) is 11.3 Å². The first-order valence-electron chi connectivity index (χ1n) is 11.9. The molecule has 0 spiro atoms.